The molecule has 0 fully saturated rings. The fourth-order valence-electron chi connectivity index (χ4n) is 2.23. The Morgan fingerprint density at radius 1 is 1.06 bits per heavy atom. The monoisotopic (exact) mass is 257 g/mol. The van der Waals surface area contributed by atoms with Gasteiger partial charge >= 0.3 is 0 Å². The van der Waals surface area contributed by atoms with E-state index in [0.717, 1.165) is 17.4 Å². The number of benzene rings is 2. The quantitative estimate of drug-likeness (QED) is 0.679. The lowest BCUT2D eigenvalue weighted by Crippen LogP contribution is -2.36. The first-order valence-electron chi connectivity index (χ1n) is 5.95. The van der Waals surface area contributed by atoms with Crippen LogP contribution in [-0.2, 0) is 6.54 Å². The van der Waals surface area contributed by atoms with Crippen LogP contribution in [0.25, 0.3) is 11.0 Å². The van der Waals surface area contributed by atoms with Gasteiger partial charge in [-0.2, -0.15) is 0 Å². The van der Waals surface area contributed by atoms with E-state index in [1.165, 1.54) is 16.6 Å². The Morgan fingerprint density at radius 2 is 1.78 bits per heavy atom. The molecule has 0 radical (unpaired) electrons. The predicted octanol–water partition coefficient (Wildman–Crippen LogP) is 3.47. The summed E-state index contributed by atoms with van der Waals surface area (Å²) in [6, 6.07) is 16.3. The Hall–Kier alpha value is -1.80. The van der Waals surface area contributed by atoms with Gasteiger partial charge < -0.3 is 0 Å². The molecule has 0 aliphatic carbocycles. The van der Waals surface area contributed by atoms with Gasteiger partial charge in [-0.05, 0) is 29.8 Å². The lowest BCUT2D eigenvalue weighted by atomic mass is 10.2. The van der Waals surface area contributed by atoms with Crippen LogP contribution in [0, 0.1) is 6.92 Å². The molecule has 90 valence electrons. The summed E-state index contributed by atoms with van der Waals surface area (Å²) in [5, 5.41) is 0.777. The third kappa shape index (κ3) is 2.00. The maximum Gasteiger partial charge on any atom is 0.252 e. The number of rotatable bonds is 2. The van der Waals surface area contributed by atoms with Crippen molar-refractivity contribution in [3.05, 3.63) is 64.9 Å². The Kier molecular flexibility index (Phi) is 2.80. The smallest absolute Gasteiger partial charge is 0.241 e. The van der Waals surface area contributed by atoms with Gasteiger partial charge in [0.15, 0.2) is 11.0 Å². The van der Waals surface area contributed by atoms with Crippen LogP contribution in [-0.4, -0.2) is 4.98 Å². The number of fused-ring (bicyclic) bond motifs is 1. The normalized spacial score (nSPS) is 11.0. The lowest BCUT2D eigenvalue weighted by molar-refractivity contribution is -0.668. The van der Waals surface area contributed by atoms with E-state index < -0.39 is 0 Å². The van der Waals surface area contributed by atoms with Gasteiger partial charge in [0.05, 0.1) is 0 Å². The van der Waals surface area contributed by atoms with E-state index in [4.69, 9.17) is 11.6 Å². The van der Waals surface area contributed by atoms with Crippen molar-refractivity contribution in [2.45, 2.75) is 13.5 Å². The highest BCUT2D eigenvalue weighted by atomic mass is 35.5. The van der Waals surface area contributed by atoms with Crippen LogP contribution in [0.1, 0.15) is 11.4 Å². The van der Waals surface area contributed by atoms with E-state index >= 15 is 0 Å². The second-order valence-corrected chi connectivity index (χ2v) is 4.88. The Labute approximate surface area is 111 Å². The Morgan fingerprint density at radius 3 is 2.56 bits per heavy atom. The predicted molar refractivity (Wildman–Crippen MR) is 73.8 cm³/mol. The molecule has 0 unspecified atom stereocenters. The van der Waals surface area contributed by atoms with Crippen LogP contribution in [0.15, 0.2) is 48.5 Å². The summed E-state index contributed by atoms with van der Waals surface area (Å²) < 4.78 is 2.28. The van der Waals surface area contributed by atoms with E-state index in [1.54, 1.807) is 0 Å². The van der Waals surface area contributed by atoms with E-state index in [1.807, 2.05) is 18.2 Å². The number of aryl methyl sites for hydroxylation is 1. The minimum atomic E-state index is 0.777. The maximum atomic E-state index is 5.91. The van der Waals surface area contributed by atoms with Crippen LogP contribution < -0.4 is 4.57 Å². The van der Waals surface area contributed by atoms with Crippen LogP contribution in [0.4, 0.5) is 0 Å². The second-order valence-electron chi connectivity index (χ2n) is 4.44. The number of halogens is 1. The number of nitrogens with zero attached hydrogens (tertiary/aromatic N) is 1. The number of imidazole rings is 1. The van der Waals surface area contributed by atoms with E-state index in [9.17, 15) is 0 Å². The van der Waals surface area contributed by atoms with Crippen LogP contribution in [0.2, 0.25) is 5.02 Å². The van der Waals surface area contributed by atoms with E-state index in [0.29, 0.717) is 0 Å². The summed E-state index contributed by atoms with van der Waals surface area (Å²) in [5.74, 6) is 1.16. The van der Waals surface area contributed by atoms with Crippen molar-refractivity contribution in [3.63, 3.8) is 0 Å². The summed E-state index contributed by atoms with van der Waals surface area (Å²) in [6.07, 6.45) is 0. The van der Waals surface area contributed by atoms with Gasteiger partial charge in [-0.1, -0.05) is 35.9 Å². The van der Waals surface area contributed by atoms with Crippen LogP contribution in [0.3, 0.4) is 0 Å². The highest BCUT2D eigenvalue weighted by molar-refractivity contribution is 6.30. The van der Waals surface area contributed by atoms with Crippen molar-refractivity contribution in [2.75, 3.05) is 0 Å². The number of para-hydroxylation sites is 2. The highest BCUT2D eigenvalue weighted by Crippen LogP contribution is 2.12. The molecule has 0 atom stereocenters. The minimum Gasteiger partial charge on any atom is -0.241 e. The van der Waals surface area contributed by atoms with Crippen LogP contribution >= 0.6 is 11.6 Å². The zero-order valence-electron chi connectivity index (χ0n) is 10.2. The van der Waals surface area contributed by atoms with Crippen molar-refractivity contribution in [1.82, 2.24) is 4.98 Å². The van der Waals surface area contributed by atoms with Crippen molar-refractivity contribution in [3.8, 4) is 0 Å². The second kappa shape index (κ2) is 4.46. The summed E-state index contributed by atoms with van der Waals surface area (Å²) in [4.78, 5) is 3.40. The van der Waals surface area contributed by atoms with Gasteiger partial charge in [-0.25, -0.2) is 9.55 Å². The number of aromatic nitrogens is 2. The molecule has 0 saturated heterocycles. The average Bonchev–Trinajstić information content (AvgIpc) is 2.69. The van der Waals surface area contributed by atoms with Gasteiger partial charge in [0.1, 0.15) is 6.54 Å². The highest BCUT2D eigenvalue weighted by Gasteiger charge is 2.14. The lowest BCUT2D eigenvalue weighted by Gasteiger charge is -2.01. The molecule has 18 heavy (non-hydrogen) atoms. The topological polar surface area (TPSA) is 19.7 Å². The number of H-pyrrole nitrogens is 1. The molecule has 0 bridgehead atoms. The molecule has 0 aliphatic heterocycles. The number of aromatic amines is 1. The van der Waals surface area contributed by atoms with Crippen molar-refractivity contribution < 1.29 is 4.57 Å². The zero-order valence-corrected chi connectivity index (χ0v) is 10.9. The number of hydrogen-bond acceptors (Lipinski definition) is 0. The number of nitrogens with one attached hydrogen (secondary N) is 1. The van der Waals surface area contributed by atoms with Crippen LogP contribution in [0.5, 0.6) is 0 Å². The first-order chi connectivity index (χ1) is 8.74. The molecule has 3 rings (SSSR count). The molecule has 3 aromatic rings. The molecule has 2 aromatic carbocycles. The fraction of sp³-hybridized carbons (Fsp3) is 0.133. The summed E-state index contributed by atoms with van der Waals surface area (Å²) >= 11 is 5.91. The third-order valence-electron chi connectivity index (χ3n) is 3.17. The third-order valence-corrected chi connectivity index (χ3v) is 3.42. The molecule has 0 saturated carbocycles. The van der Waals surface area contributed by atoms with Gasteiger partial charge in [0.2, 0.25) is 0 Å². The molecular weight excluding hydrogens is 244 g/mol. The van der Waals surface area contributed by atoms with Crippen molar-refractivity contribution in [2.24, 2.45) is 0 Å². The Balaban J connectivity index is 2.04. The van der Waals surface area contributed by atoms with Crippen molar-refractivity contribution in [1.29, 1.82) is 0 Å². The van der Waals surface area contributed by atoms with Gasteiger partial charge in [-0.15, -0.1) is 0 Å². The Bertz CT molecular complexity index is 683. The molecule has 2 nitrogen and oxygen atoms in total. The molecule has 0 amide bonds. The van der Waals surface area contributed by atoms with Crippen molar-refractivity contribution >= 4 is 22.6 Å². The summed E-state index contributed by atoms with van der Waals surface area (Å²) in [5.41, 5.74) is 3.64. The fourth-order valence-corrected chi connectivity index (χ4v) is 2.36. The average molecular weight is 258 g/mol. The molecule has 1 aromatic heterocycles. The molecule has 0 spiro atoms. The summed E-state index contributed by atoms with van der Waals surface area (Å²) in [6.45, 7) is 2.95. The first kappa shape index (κ1) is 11.3. The van der Waals surface area contributed by atoms with E-state index in [2.05, 4.69) is 46.8 Å². The molecule has 3 heteroatoms. The first-order valence-corrected chi connectivity index (χ1v) is 6.33. The maximum absolute atomic E-state index is 5.91. The SMILES string of the molecule is Cc1[nH]c2ccccc2[n+]1Cc1ccc(Cl)cc1. The standard InChI is InChI=1S/C15H13ClN2/c1-11-17-14-4-2-3-5-15(14)18(11)10-12-6-8-13(16)9-7-12/h2-9H,10H2,1H3/p+1. The van der Waals surface area contributed by atoms with Gasteiger partial charge in [0, 0.05) is 11.9 Å². The minimum absolute atomic E-state index is 0.777. The molecular formula is C15H14ClN2+. The van der Waals surface area contributed by atoms with Gasteiger partial charge in [0.25, 0.3) is 5.82 Å². The molecule has 1 N–H and O–H groups in total. The van der Waals surface area contributed by atoms with Gasteiger partial charge in [-0.3, -0.25) is 0 Å². The zero-order chi connectivity index (χ0) is 12.5. The largest absolute Gasteiger partial charge is 0.252 e. The molecule has 1 heterocycles. The number of hydrogen-bond donors (Lipinski definition) is 1. The van der Waals surface area contributed by atoms with E-state index in [-0.39, 0.29) is 0 Å². The summed E-state index contributed by atoms with van der Waals surface area (Å²) in [7, 11) is 0. The molecule has 0 aliphatic rings.